The average Bonchev–Trinajstić information content (AvgIpc) is 2.48. The molecule has 2 aromatic rings. The van der Waals surface area contributed by atoms with Gasteiger partial charge in [-0.25, -0.2) is 4.39 Å². The summed E-state index contributed by atoms with van der Waals surface area (Å²) in [5, 5.41) is 3.81. The van der Waals surface area contributed by atoms with Crippen molar-refractivity contribution >= 4 is 27.5 Å². The van der Waals surface area contributed by atoms with Crippen molar-refractivity contribution in [2.75, 3.05) is 13.7 Å². The summed E-state index contributed by atoms with van der Waals surface area (Å²) < 4.78 is 20.2. The smallest absolute Gasteiger partial charge is 0.128 e. The Morgan fingerprint density at radius 1 is 1.24 bits per heavy atom. The molecule has 0 aliphatic carbocycles. The monoisotopic (exact) mass is 371 g/mol. The second kappa shape index (κ2) is 7.25. The second-order valence-corrected chi connectivity index (χ2v) is 5.83. The highest BCUT2D eigenvalue weighted by molar-refractivity contribution is 9.10. The van der Waals surface area contributed by atoms with E-state index in [1.807, 2.05) is 25.1 Å². The Morgan fingerprint density at radius 2 is 2.00 bits per heavy atom. The molecule has 0 fully saturated rings. The molecule has 0 saturated heterocycles. The average molecular weight is 373 g/mol. The maximum absolute atomic E-state index is 14.2. The summed E-state index contributed by atoms with van der Waals surface area (Å²) in [4.78, 5) is 0. The van der Waals surface area contributed by atoms with Gasteiger partial charge in [0.25, 0.3) is 0 Å². The number of hydrogen-bond donors (Lipinski definition) is 1. The van der Waals surface area contributed by atoms with Crippen LogP contribution in [0, 0.1) is 5.82 Å². The third-order valence-corrected chi connectivity index (χ3v) is 4.12. The Hall–Kier alpha value is -1.10. The van der Waals surface area contributed by atoms with Crippen LogP contribution in [0.25, 0.3) is 0 Å². The summed E-state index contributed by atoms with van der Waals surface area (Å²) >= 11 is 9.53. The highest BCUT2D eigenvalue weighted by atomic mass is 79.9. The van der Waals surface area contributed by atoms with Crippen LogP contribution in [-0.2, 0) is 0 Å². The maximum Gasteiger partial charge on any atom is 0.128 e. The quantitative estimate of drug-likeness (QED) is 0.802. The fraction of sp³-hybridized carbons (Fsp3) is 0.250. The van der Waals surface area contributed by atoms with E-state index in [9.17, 15) is 4.39 Å². The first-order chi connectivity index (χ1) is 10.1. The van der Waals surface area contributed by atoms with E-state index in [1.54, 1.807) is 19.2 Å². The molecule has 0 aromatic heterocycles. The van der Waals surface area contributed by atoms with E-state index in [0.717, 1.165) is 15.8 Å². The van der Waals surface area contributed by atoms with Gasteiger partial charge >= 0.3 is 0 Å². The van der Waals surface area contributed by atoms with Gasteiger partial charge in [0.15, 0.2) is 0 Å². The van der Waals surface area contributed by atoms with Crippen LogP contribution in [0.5, 0.6) is 5.75 Å². The van der Waals surface area contributed by atoms with Crippen LogP contribution in [0.2, 0.25) is 5.02 Å². The van der Waals surface area contributed by atoms with E-state index in [0.29, 0.717) is 17.1 Å². The van der Waals surface area contributed by atoms with Gasteiger partial charge in [0, 0.05) is 15.1 Å². The standard InChI is InChI=1S/C16H16BrClFNO/c1-3-20-16(13-8-10(18)4-7-15(13)19)12-6-5-11(21-2)9-14(12)17/h4-9,16,20H,3H2,1-2H3. The number of hydrogen-bond acceptors (Lipinski definition) is 2. The van der Waals surface area contributed by atoms with Crippen molar-refractivity contribution in [3.8, 4) is 5.75 Å². The first-order valence-electron chi connectivity index (χ1n) is 6.58. The Morgan fingerprint density at radius 3 is 2.62 bits per heavy atom. The van der Waals surface area contributed by atoms with Gasteiger partial charge in [-0.2, -0.15) is 0 Å². The van der Waals surface area contributed by atoms with Gasteiger partial charge in [-0.15, -0.1) is 0 Å². The minimum Gasteiger partial charge on any atom is -0.497 e. The second-order valence-electron chi connectivity index (χ2n) is 4.54. The summed E-state index contributed by atoms with van der Waals surface area (Å²) in [7, 11) is 1.61. The lowest BCUT2D eigenvalue weighted by molar-refractivity contribution is 0.414. The lowest BCUT2D eigenvalue weighted by atomic mass is 9.98. The van der Waals surface area contributed by atoms with E-state index in [-0.39, 0.29) is 11.9 Å². The van der Waals surface area contributed by atoms with Crippen LogP contribution in [0.4, 0.5) is 4.39 Å². The molecule has 2 rings (SSSR count). The highest BCUT2D eigenvalue weighted by Gasteiger charge is 2.20. The van der Waals surface area contributed by atoms with Crippen LogP contribution < -0.4 is 10.1 Å². The molecule has 1 unspecified atom stereocenters. The molecule has 2 nitrogen and oxygen atoms in total. The zero-order valence-electron chi connectivity index (χ0n) is 11.8. The third kappa shape index (κ3) is 3.76. The van der Waals surface area contributed by atoms with Gasteiger partial charge in [0.05, 0.1) is 13.2 Å². The maximum atomic E-state index is 14.2. The van der Waals surface area contributed by atoms with Gasteiger partial charge in [-0.3, -0.25) is 0 Å². The lowest BCUT2D eigenvalue weighted by Gasteiger charge is -2.21. The van der Waals surface area contributed by atoms with Gasteiger partial charge < -0.3 is 10.1 Å². The molecule has 0 heterocycles. The summed E-state index contributed by atoms with van der Waals surface area (Å²) in [6.45, 7) is 2.68. The topological polar surface area (TPSA) is 21.3 Å². The molecule has 1 N–H and O–H groups in total. The van der Waals surface area contributed by atoms with Gasteiger partial charge in [-0.05, 0) is 42.4 Å². The zero-order chi connectivity index (χ0) is 15.4. The number of benzene rings is 2. The molecule has 0 radical (unpaired) electrons. The molecule has 0 spiro atoms. The highest BCUT2D eigenvalue weighted by Crippen LogP contribution is 2.33. The predicted molar refractivity (Wildman–Crippen MR) is 87.6 cm³/mol. The van der Waals surface area contributed by atoms with E-state index in [4.69, 9.17) is 16.3 Å². The Kier molecular flexibility index (Phi) is 5.62. The predicted octanol–water partition coefficient (Wildman–Crippen LogP) is 4.95. The van der Waals surface area contributed by atoms with Crippen molar-refractivity contribution in [1.82, 2.24) is 5.32 Å². The summed E-state index contributed by atoms with van der Waals surface area (Å²) in [5.41, 5.74) is 1.45. The molecule has 2 aromatic carbocycles. The van der Waals surface area contributed by atoms with Crippen LogP contribution in [0.15, 0.2) is 40.9 Å². The molecule has 21 heavy (non-hydrogen) atoms. The Balaban J connectivity index is 2.50. The van der Waals surface area contributed by atoms with Crippen LogP contribution in [0.1, 0.15) is 24.1 Å². The summed E-state index contributed by atoms with van der Waals surface area (Å²) in [6.07, 6.45) is 0. The molecule has 0 saturated carbocycles. The van der Waals surface area contributed by atoms with E-state index >= 15 is 0 Å². The van der Waals surface area contributed by atoms with E-state index in [1.165, 1.54) is 6.07 Å². The molecule has 0 aliphatic heterocycles. The fourth-order valence-corrected chi connectivity index (χ4v) is 2.96. The normalized spacial score (nSPS) is 12.2. The van der Waals surface area contributed by atoms with Crippen LogP contribution in [-0.4, -0.2) is 13.7 Å². The third-order valence-electron chi connectivity index (χ3n) is 3.20. The van der Waals surface area contributed by atoms with Crippen molar-refractivity contribution in [3.63, 3.8) is 0 Å². The largest absolute Gasteiger partial charge is 0.497 e. The summed E-state index contributed by atoms with van der Waals surface area (Å²) in [5.74, 6) is 0.459. The minimum absolute atomic E-state index is 0.283. The van der Waals surface area contributed by atoms with Crippen LogP contribution in [0.3, 0.4) is 0 Å². The van der Waals surface area contributed by atoms with Gasteiger partial charge in [-0.1, -0.05) is 40.5 Å². The molecular weight excluding hydrogens is 357 g/mol. The van der Waals surface area contributed by atoms with Gasteiger partial charge in [0.2, 0.25) is 0 Å². The Bertz CT molecular complexity index is 636. The van der Waals surface area contributed by atoms with Crippen molar-refractivity contribution in [3.05, 3.63) is 62.8 Å². The SMILES string of the molecule is CCNC(c1cc(Cl)ccc1F)c1ccc(OC)cc1Br. The fourth-order valence-electron chi connectivity index (χ4n) is 2.20. The van der Waals surface area contributed by atoms with E-state index in [2.05, 4.69) is 21.2 Å². The zero-order valence-corrected chi connectivity index (χ0v) is 14.1. The molecule has 1 atom stereocenters. The molecule has 0 amide bonds. The van der Waals surface area contributed by atoms with Crippen LogP contribution >= 0.6 is 27.5 Å². The number of nitrogens with one attached hydrogen (secondary N) is 1. The number of rotatable bonds is 5. The summed E-state index contributed by atoms with van der Waals surface area (Å²) in [6, 6.07) is 9.94. The first-order valence-corrected chi connectivity index (χ1v) is 7.75. The molecular formula is C16H16BrClFNO. The first kappa shape index (κ1) is 16.3. The molecule has 0 aliphatic rings. The molecule has 5 heteroatoms. The van der Waals surface area contributed by atoms with Crippen molar-refractivity contribution in [1.29, 1.82) is 0 Å². The van der Waals surface area contributed by atoms with Crippen molar-refractivity contribution < 1.29 is 9.13 Å². The number of methoxy groups -OCH3 is 1. The minimum atomic E-state index is -0.284. The molecule has 112 valence electrons. The molecule has 0 bridgehead atoms. The van der Waals surface area contributed by atoms with E-state index < -0.39 is 0 Å². The van der Waals surface area contributed by atoms with Crippen molar-refractivity contribution in [2.45, 2.75) is 13.0 Å². The van der Waals surface area contributed by atoms with Crippen molar-refractivity contribution in [2.24, 2.45) is 0 Å². The Labute approximate surface area is 137 Å². The number of halogens is 3. The number of ether oxygens (including phenoxy) is 1. The van der Waals surface area contributed by atoms with Gasteiger partial charge in [0.1, 0.15) is 11.6 Å². The lowest BCUT2D eigenvalue weighted by Crippen LogP contribution is -2.23.